The lowest BCUT2D eigenvalue weighted by atomic mass is 10.0. The van der Waals surface area contributed by atoms with Gasteiger partial charge in [-0.3, -0.25) is 10.1 Å². The Bertz CT molecular complexity index is 1290. The van der Waals surface area contributed by atoms with Gasteiger partial charge in [-0.1, -0.05) is 30.3 Å². The van der Waals surface area contributed by atoms with Gasteiger partial charge in [0.2, 0.25) is 5.52 Å². The van der Waals surface area contributed by atoms with E-state index in [1.54, 1.807) is 13.8 Å². The highest BCUT2D eigenvalue weighted by Crippen LogP contribution is 2.30. The zero-order chi connectivity index (χ0) is 20.7. The molecule has 6 nitrogen and oxygen atoms in total. The van der Waals surface area contributed by atoms with Gasteiger partial charge in [-0.25, -0.2) is 4.79 Å². The standard InChI is InChI=1S/C23H19N2O4/c1-14-12-16(25(27)28)13-15(2)22(14)29-23(26)21-19-10-5-4-8-17(19)18-9-6-7-11-20(18)24(21)3/h4-13H,1-3H3/q+1. The SMILES string of the molecule is Cc1cc([N+](=O)[O-])cc(C)c1OC(=O)c1c2ccccc2c2ccccc2[n+]1C. The van der Waals surface area contributed by atoms with E-state index in [9.17, 15) is 14.9 Å². The summed E-state index contributed by atoms with van der Waals surface area (Å²) < 4.78 is 7.58. The fourth-order valence-electron chi connectivity index (χ4n) is 3.80. The number of ether oxygens (including phenoxy) is 1. The molecule has 0 spiro atoms. The summed E-state index contributed by atoms with van der Waals surface area (Å²) in [5.74, 6) is -0.160. The molecule has 0 fully saturated rings. The van der Waals surface area contributed by atoms with Crippen molar-refractivity contribution in [2.75, 3.05) is 0 Å². The molecule has 0 saturated carbocycles. The van der Waals surface area contributed by atoms with Crippen molar-refractivity contribution in [3.63, 3.8) is 0 Å². The van der Waals surface area contributed by atoms with E-state index in [2.05, 4.69) is 0 Å². The lowest BCUT2D eigenvalue weighted by Crippen LogP contribution is -2.39. The van der Waals surface area contributed by atoms with Crippen LogP contribution in [0.25, 0.3) is 21.7 Å². The van der Waals surface area contributed by atoms with E-state index in [0.717, 1.165) is 21.7 Å². The fourth-order valence-corrected chi connectivity index (χ4v) is 3.80. The number of nitrogens with zero attached hydrogens (tertiary/aromatic N) is 2. The van der Waals surface area contributed by atoms with E-state index in [0.29, 0.717) is 22.6 Å². The molecule has 0 aliphatic heterocycles. The minimum absolute atomic E-state index is 0.0264. The Morgan fingerprint density at radius 3 is 2.10 bits per heavy atom. The second kappa shape index (κ2) is 6.98. The molecule has 1 aromatic heterocycles. The first-order valence-electron chi connectivity index (χ1n) is 9.15. The van der Waals surface area contributed by atoms with Gasteiger partial charge >= 0.3 is 5.97 Å². The van der Waals surface area contributed by atoms with Crippen molar-refractivity contribution in [1.29, 1.82) is 0 Å². The van der Waals surface area contributed by atoms with E-state index in [1.807, 2.05) is 60.1 Å². The summed E-state index contributed by atoms with van der Waals surface area (Å²) >= 11 is 0. The third-order valence-electron chi connectivity index (χ3n) is 5.12. The van der Waals surface area contributed by atoms with Gasteiger partial charge in [-0.15, -0.1) is 0 Å². The summed E-state index contributed by atoms with van der Waals surface area (Å²) in [6.07, 6.45) is 0. The average Bonchev–Trinajstić information content (AvgIpc) is 2.70. The molecule has 0 aliphatic carbocycles. The molecular weight excluding hydrogens is 368 g/mol. The normalized spacial score (nSPS) is 11.0. The number of carbonyl (C=O) groups is 1. The molecule has 3 aromatic carbocycles. The predicted molar refractivity (Wildman–Crippen MR) is 110 cm³/mol. The quantitative estimate of drug-likeness (QED) is 0.129. The average molecular weight is 387 g/mol. The van der Waals surface area contributed by atoms with Crippen LogP contribution in [0.4, 0.5) is 5.69 Å². The molecule has 0 N–H and O–H groups in total. The zero-order valence-electron chi connectivity index (χ0n) is 16.3. The van der Waals surface area contributed by atoms with Gasteiger partial charge in [0.1, 0.15) is 12.8 Å². The van der Waals surface area contributed by atoms with Gasteiger partial charge in [-0.05, 0) is 37.1 Å². The summed E-state index contributed by atoms with van der Waals surface area (Å²) in [6.45, 7) is 3.39. The maximum absolute atomic E-state index is 13.2. The zero-order valence-corrected chi connectivity index (χ0v) is 16.3. The maximum atomic E-state index is 13.2. The third kappa shape index (κ3) is 3.08. The molecule has 6 heteroatoms. The minimum atomic E-state index is -0.505. The third-order valence-corrected chi connectivity index (χ3v) is 5.12. The number of carbonyl (C=O) groups excluding carboxylic acids is 1. The van der Waals surface area contributed by atoms with Crippen LogP contribution in [0.3, 0.4) is 0 Å². The molecule has 0 saturated heterocycles. The molecule has 1 heterocycles. The number of hydrogen-bond donors (Lipinski definition) is 0. The van der Waals surface area contributed by atoms with Crippen molar-refractivity contribution in [2.45, 2.75) is 13.8 Å². The molecule has 0 unspecified atom stereocenters. The number of nitro benzene ring substituents is 1. The number of non-ortho nitro benzene ring substituents is 1. The van der Waals surface area contributed by atoms with Crippen LogP contribution in [0.15, 0.2) is 60.7 Å². The first kappa shape index (κ1) is 18.6. The Balaban J connectivity index is 1.88. The minimum Gasteiger partial charge on any atom is -0.418 e. The topological polar surface area (TPSA) is 73.3 Å². The van der Waals surface area contributed by atoms with E-state index in [-0.39, 0.29) is 5.69 Å². The summed E-state index contributed by atoms with van der Waals surface area (Å²) in [7, 11) is 1.83. The smallest absolute Gasteiger partial charge is 0.409 e. The second-order valence-electron chi connectivity index (χ2n) is 7.03. The first-order chi connectivity index (χ1) is 13.9. The van der Waals surface area contributed by atoms with Gasteiger partial charge in [-0.2, -0.15) is 4.57 Å². The maximum Gasteiger partial charge on any atom is 0.409 e. The van der Waals surface area contributed by atoms with Crippen LogP contribution < -0.4 is 9.30 Å². The Kier molecular flexibility index (Phi) is 4.47. The number of fused-ring (bicyclic) bond motifs is 3. The van der Waals surface area contributed by atoms with Crippen LogP contribution in [0.2, 0.25) is 0 Å². The Morgan fingerprint density at radius 1 is 0.931 bits per heavy atom. The Morgan fingerprint density at radius 2 is 1.48 bits per heavy atom. The summed E-state index contributed by atoms with van der Waals surface area (Å²) in [5.41, 5.74) is 2.39. The molecule has 0 aliphatic rings. The molecule has 0 bridgehead atoms. The summed E-state index contributed by atoms with van der Waals surface area (Å²) in [4.78, 5) is 23.9. The van der Waals surface area contributed by atoms with Crippen molar-refractivity contribution < 1.29 is 19.0 Å². The van der Waals surface area contributed by atoms with Crippen molar-refractivity contribution in [1.82, 2.24) is 0 Å². The van der Waals surface area contributed by atoms with Gasteiger partial charge < -0.3 is 4.74 Å². The number of pyridine rings is 1. The van der Waals surface area contributed by atoms with Gasteiger partial charge in [0, 0.05) is 23.6 Å². The highest BCUT2D eigenvalue weighted by atomic mass is 16.6. The van der Waals surface area contributed by atoms with E-state index >= 15 is 0 Å². The van der Waals surface area contributed by atoms with E-state index < -0.39 is 10.9 Å². The fraction of sp³-hybridized carbons (Fsp3) is 0.130. The van der Waals surface area contributed by atoms with Crippen LogP contribution in [0.1, 0.15) is 21.6 Å². The van der Waals surface area contributed by atoms with Crippen molar-refractivity contribution in [3.05, 3.63) is 87.6 Å². The highest BCUT2D eigenvalue weighted by Gasteiger charge is 2.28. The molecule has 144 valence electrons. The lowest BCUT2D eigenvalue weighted by Gasteiger charge is -2.12. The van der Waals surface area contributed by atoms with Gasteiger partial charge in [0.15, 0.2) is 0 Å². The van der Waals surface area contributed by atoms with Crippen molar-refractivity contribution in [3.8, 4) is 5.75 Å². The second-order valence-corrected chi connectivity index (χ2v) is 7.03. The van der Waals surface area contributed by atoms with Crippen LogP contribution in [-0.2, 0) is 7.05 Å². The number of para-hydroxylation sites is 1. The lowest BCUT2D eigenvalue weighted by molar-refractivity contribution is -0.646. The van der Waals surface area contributed by atoms with Crippen LogP contribution in [0.5, 0.6) is 5.75 Å². The number of rotatable bonds is 3. The largest absolute Gasteiger partial charge is 0.418 e. The molecule has 0 amide bonds. The number of esters is 1. The molecule has 4 aromatic rings. The Hall–Kier alpha value is -3.80. The van der Waals surface area contributed by atoms with Crippen LogP contribution in [0, 0.1) is 24.0 Å². The van der Waals surface area contributed by atoms with Crippen molar-refractivity contribution >= 4 is 33.3 Å². The number of nitro groups is 1. The van der Waals surface area contributed by atoms with Crippen LogP contribution >= 0.6 is 0 Å². The molecular formula is C23H19N2O4+. The molecule has 0 radical (unpaired) electrons. The summed E-state index contributed by atoms with van der Waals surface area (Å²) in [5, 5.41) is 13.9. The molecule has 29 heavy (non-hydrogen) atoms. The van der Waals surface area contributed by atoms with Gasteiger partial charge in [0.25, 0.3) is 11.4 Å². The first-order valence-corrected chi connectivity index (χ1v) is 9.15. The summed E-state index contributed by atoms with van der Waals surface area (Å²) in [6, 6.07) is 18.4. The number of aryl methyl sites for hydroxylation is 3. The molecule has 0 atom stereocenters. The van der Waals surface area contributed by atoms with E-state index in [1.165, 1.54) is 12.1 Å². The predicted octanol–water partition coefficient (Wildman–Crippen LogP) is 4.56. The highest BCUT2D eigenvalue weighted by molar-refractivity contribution is 6.11. The van der Waals surface area contributed by atoms with Crippen LogP contribution in [-0.4, -0.2) is 10.9 Å². The number of hydrogen-bond acceptors (Lipinski definition) is 4. The van der Waals surface area contributed by atoms with Crippen molar-refractivity contribution in [2.24, 2.45) is 7.05 Å². The van der Waals surface area contributed by atoms with Gasteiger partial charge in [0.05, 0.1) is 15.7 Å². The van der Waals surface area contributed by atoms with E-state index in [4.69, 9.17) is 4.74 Å². The number of aromatic nitrogens is 1. The monoisotopic (exact) mass is 387 g/mol. The molecule has 4 rings (SSSR count). The Labute approximate surface area is 167 Å². The number of benzene rings is 3.